The molecule has 1 unspecified atom stereocenters. The Kier molecular flexibility index (Phi) is 3.57. The van der Waals surface area contributed by atoms with E-state index in [2.05, 4.69) is 18.8 Å². The topological polar surface area (TPSA) is 12.9 Å². The monoisotopic (exact) mass is 169 g/mol. The molecule has 1 aromatic heterocycles. The van der Waals surface area contributed by atoms with Crippen molar-refractivity contribution >= 4 is 11.3 Å². The zero-order chi connectivity index (χ0) is 8.10. The first-order valence-corrected chi connectivity index (χ1v) is 5.14. The Morgan fingerprint density at radius 1 is 1.55 bits per heavy atom. The molecule has 0 saturated carbocycles. The van der Waals surface area contributed by atoms with Crippen LogP contribution < -0.4 is 0 Å². The molecule has 0 bridgehead atoms. The minimum absolute atomic E-state index is 0.757. The van der Waals surface area contributed by atoms with Crippen LogP contribution in [0.1, 0.15) is 43.9 Å². The molecule has 1 rings (SSSR count). The van der Waals surface area contributed by atoms with E-state index >= 15 is 0 Å². The zero-order valence-electron chi connectivity index (χ0n) is 7.21. The highest BCUT2D eigenvalue weighted by molar-refractivity contribution is 7.09. The van der Waals surface area contributed by atoms with Gasteiger partial charge >= 0.3 is 0 Å². The highest BCUT2D eigenvalue weighted by Gasteiger charge is 2.08. The molecule has 1 heterocycles. The van der Waals surface area contributed by atoms with Crippen LogP contribution in [0.15, 0.2) is 11.7 Å². The molecule has 0 aliphatic rings. The third-order valence-corrected chi connectivity index (χ3v) is 2.92. The summed E-state index contributed by atoms with van der Waals surface area (Å²) in [6.07, 6.45) is 5.83. The fraction of sp³-hybridized carbons (Fsp3) is 0.667. The normalized spacial score (nSPS) is 13.3. The molecule has 1 aromatic rings. The molecule has 0 saturated heterocycles. The van der Waals surface area contributed by atoms with Crippen LogP contribution in [0.2, 0.25) is 0 Å². The second-order valence-electron chi connectivity index (χ2n) is 2.80. The van der Waals surface area contributed by atoms with Crippen molar-refractivity contribution in [2.24, 2.45) is 0 Å². The second kappa shape index (κ2) is 4.50. The molecule has 2 heteroatoms. The maximum atomic E-state index is 4.09. The zero-order valence-corrected chi connectivity index (χ0v) is 8.03. The molecule has 0 spiro atoms. The van der Waals surface area contributed by atoms with E-state index in [9.17, 15) is 0 Å². The van der Waals surface area contributed by atoms with Gasteiger partial charge in [-0.25, -0.2) is 0 Å². The van der Waals surface area contributed by atoms with Gasteiger partial charge in [0.25, 0.3) is 0 Å². The van der Waals surface area contributed by atoms with E-state index in [1.165, 1.54) is 24.1 Å². The first-order chi connectivity index (χ1) is 5.38. The van der Waals surface area contributed by atoms with Gasteiger partial charge in [0, 0.05) is 11.1 Å². The molecular formula is C9H15NS. The van der Waals surface area contributed by atoms with Crippen LogP contribution in [0, 0.1) is 0 Å². The van der Waals surface area contributed by atoms with Crippen molar-refractivity contribution < 1.29 is 0 Å². The SMILES string of the molecule is CCCC(CC)c1cncs1. The molecule has 0 amide bonds. The first kappa shape index (κ1) is 8.72. The van der Waals surface area contributed by atoms with E-state index in [-0.39, 0.29) is 0 Å². The quantitative estimate of drug-likeness (QED) is 0.673. The minimum atomic E-state index is 0.757. The summed E-state index contributed by atoms with van der Waals surface area (Å²) in [5, 5.41) is 0. The van der Waals surface area contributed by atoms with Crippen LogP contribution in [-0.4, -0.2) is 4.98 Å². The molecule has 0 N–H and O–H groups in total. The van der Waals surface area contributed by atoms with Crippen LogP contribution in [-0.2, 0) is 0 Å². The summed E-state index contributed by atoms with van der Waals surface area (Å²) in [7, 11) is 0. The minimum Gasteiger partial charge on any atom is -0.253 e. The Labute approximate surface area is 72.5 Å². The highest BCUT2D eigenvalue weighted by atomic mass is 32.1. The molecule has 0 radical (unpaired) electrons. The summed E-state index contributed by atoms with van der Waals surface area (Å²) in [5.41, 5.74) is 1.92. The summed E-state index contributed by atoms with van der Waals surface area (Å²) in [6, 6.07) is 0. The number of hydrogen-bond acceptors (Lipinski definition) is 2. The van der Waals surface area contributed by atoms with Crippen molar-refractivity contribution in [3.05, 3.63) is 16.6 Å². The summed E-state index contributed by atoms with van der Waals surface area (Å²) < 4.78 is 0. The van der Waals surface area contributed by atoms with Crippen molar-refractivity contribution in [1.29, 1.82) is 0 Å². The smallest absolute Gasteiger partial charge is 0.0794 e. The van der Waals surface area contributed by atoms with Crippen molar-refractivity contribution in [1.82, 2.24) is 4.98 Å². The molecule has 62 valence electrons. The van der Waals surface area contributed by atoms with Gasteiger partial charge < -0.3 is 0 Å². The molecule has 0 aromatic carbocycles. The van der Waals surface area contributed by atoms with Crippen LogP contribution >= 0.6 is 11.3 Å². The van der Waals surface area contributed by atoms with E-state index < -0.39 is 0 Å². The second-order valence-corrected chi connectivity index (χ2v) is 3.72. The Hall–Kier alpha value is -0.370. The van der Waals surface area contributed by atoms with Gasteiger partial charge in [-0.2, -0.15) is 0 Å². The number of hydrogen-bond donors (Lipinski definition) is 0. The van der Waals surface area contributed by atoms with Crippen molar-refractivity contribution in [3.63, 3.8) is 0 Å². The average molecular weight is 169 g/mol. The number of thiazole rings is 1. The van der Waals surface area contributed by atoms with Crippen LogP contribution in [0.5, 0.6) is 0 Å². The predicted molar refractivity (Wildman–Crippen MR) is 50.1 cm³/mol. The van der Waals surface area contributed by atoms with Gasteiger partial charge in [-0.15, -0.1) is 11.3 Å². The van der Waals surface area contributed by atoms with Crippen molar-refractivity contribution in [3.8, 4) is 0 Å². The molecular weight excluding hydrogens is 154 g/mol. The Balaban J connectivity index is 2.56. The maximum absolute atomic E-state index is 4.09. The van der Waals surface area contributed by atoms with Crippen LogP contribution in [0.25, 0.3) is 0 Å². The van der Waals surface area contributed by atoms with Gasteiger partial charge in [-0.05, 0) is 18.8 Å². The highest BCUT2D eigenvalue weighted by Crippen LogP contribution is 2.26. The van der Waals surface area contributed by atoms with Crippen LogP contribution in [0.3, 0.4) is 0 Å². The Bertz CT molecular complexity index is 181. The lowest BCUT2D eigenvalue weighted by Gasteiger charge is -2.09. The fourth-order valence-corrected chi connectivity index (χ4v) is 2.17. The lowest BCUT2D eigenvalue weighted by atomic mass is 10.00. The average Bonchev–Trinajstić information content (AvgIpc) is 2.52. The number of nitrogens with zero attached hydrogens (tertiary/aromatic N) is 1. The molecule has 1 atom stereocenters. The lowest BCUT2D eigenvalue weighted by molar-refractivity contribution is 0.604. The number of aromatic nitrogens is 1. The third-order valence-electron chi connectivity index (χ3n) is 1.98. The molecule has 1 nitrogen and oxygen atoms in total. The van der Waals surface area contributed by atoms with Gasteiger partial charge in [0.1, 0.15) is 0 Å². The van der Waals surface area contributed by atoms with E-state index in [1.807, 2.05) is 11.7 Å². The van der Waals surface area contributed by atoms with Crippen molar-refractivity contribution in [2.45, 2.75) is 39.0 Å². The predicted octanol–water partition coefficient (Wildman–Crippen LogP) is 3.44. The summed E-state index contributed by atoms with van der Waals surface area (Å²) in [5.74, 6) is 0.757. The van der Waals surface area contributed by atoms with Gasteiger partial charge in [0.15, 0.2) is 0 Å². The molecule has 0 aliphatic carbocycles. The maximum Gasteiger partial charge on any atom is 0.0794 e. The largest absolute Gasteiger partial charge is 0.253 e. The van der Waals surface area contributed by atoms with Crippen LogP contribution in [0.4, 0.5) is 0 Å². The Morgan fingerprint density at radius 3 is 2.82 bits per heavy atom. The molecule has 0 aliphatic heterocycles. The van der Waals surface area contributed by atoms with E-state index in [1.54, 1.807) is 11.3 Å². The summed E-state index contributed by atoms with van der Waals surface area (Å²) in [4.78, 5) is 5.54. The molecule has 11 heavy (non-hydrogen) atoms. The van der Waals surface area contributed by atoms with E-state index in [0.29, 0.717) is 0 Å². The summed E-state index contributed by atoms with van der Waals surface area (Å²) >= 11 is 1.78. The van der Waals surface area contributed by atoms with Gasteiger partial charge in [-0.3, -0.25) is 4.98 Å². The van der Waals surface area contributed by atoms with Crippen molar-refractivity contribution in [2.75, 3.05) is 0 Å². The van der Waals surface area contributed by atoms with Gasteiger partial charge in [-0.1, -0.05) is 20.3 Å². The van der Waals surface area contributed by atoms with Gasteiger partial charge in [0.05, 0.1) is 5.51 Å². The standard InChI is InChI=1S/C9H15NS/c1-3-5-8(4-2)9-6-10-7-11-9/h6-8H,3-5H2,1-2H3. The molecule has 0 fully saturated rings. The van der Waals surface area contributed by atoms with E-state index in [4.69, 9.17) is 0 Å². The van der Waals surface area contributed by atoms with Gasteiger partial charge in [0.2, 0.25) is 0 Å². The van der Waals surface area contributed by atoms with E-state index in [0.717, 1.165) is 5.92 Å². The first-order valence-electron chi connectivity index (χ1n) is 4.26. The Morgan fingerprint density at radius 2 is 2.36 bits per heavy atom. The third kappa shape index (κ3) is 2.29. The fourth-order valence-electron chi connectivity index (χ4n) is 1.32. The summed E-state index contributed by atoms with van der Waals surface area (Å²) in [6.45, 7) is 4.49. The lowest BCUT2D eigenvalue weighted by Crippen LogP contribution is -1.92. The number of rotatable bonds is 4.